The second kappa shape index (κ2) is 14.5. The lowest BCUT2D eigenvalue weighted by atomic mass is 9.84. The van der Waals surface area contributed by atoms with Crippen LogP contribution in [0.15, 0.2) is 122 Å². The average molecular weight is 621 g/mol. The van der Waals surface area contributed by atoms with Gasteiger partial charge in [0.05, 0.1) is 10.8 Å². The van der Waals surface area contributed by atoms with Gasteiger partial charge >= 0.3 is 0 Å². The maximum absolute atomic E-state index is 14.6. The molecule has 0 saturated carbocycles. The molecule has 45 heavy (non-hydrogen) atoms. The lowest BCUT2D eigenvalue weighted by molar-refractivity contribution is 0.391. The van der Waals surface area contributed by atoms with E-state index in [4.69, 9.17) is 9.97 Å². The minimum absolute atomic E-state index is 0.0174. The molecule has 0 radical (unpaired) electrons. The molecule has 6 rings (SSSR count). The van der Waals surface area contributed by atoms with Gasteiger partial charge in [-0.1, -0.05) is 104 Å². The zero-order chi connectivity index (χ0) is 31.1. The Morgan fingerprint density at radius 3 is 1.98 bits per heavy atom. The van der Waals surface area contributed by atoms with Gasteiger partial charge in [-0.05, 0) is 53.3 Å². The first-order valence-corrected chi connectivity index (χ1v) is 16.5. The van der Waals surface area contributed by atoms with Crippen molar-refractivity contribution in [1.82, 2.24) is 20.6 Å². The average Bonchev–Trinajstić information content (AvgIpc) is 3.55. The summed E-state index contributed by atoms with van der Waals surface area (Å²) in [5.41, 5.74) is 5.04. The van der Waals surface area contributed by atoms with Crippen molar-refractivity contribution in [3.63, 3.8) is 0 Å². The molecule has 2 heterocycles. The van der Waals surface area contributed by atoms with Gasteiger partial charge in [0.15, 0.2) is 0 Å². The molecular formula is C38H38F2N4S. The van der Waals surface area contributed by atoms with Crippen LogP contribution in [0.1, 0.15) is 59.4 Å². The van der Waals surface area contributed by atoms with Crippen molar-refractivity contribution in [1.29, 1.82) is 0 Å². The van der Waals surface area contributed by atoms with Crippen molar-refractivity contribution in [3.8, 4) is 0 Å². The first-order chi connectivity index (χ1) is 22.1. The normalized spacial score (nSPS) is 17.3. The van der Waals surface area contributed by atoms with Gasteiger partial charge < -0.3 is 10.6 Å². The number of aryl methyl sites for hydroxylation is 1. The summed E-state index contributed by atoms with van der Waals surface area (Å²) < 4.78 is 28.2. The highest BCUT2D eigenvalue weighted by Crippen LogP contribution is 2.51. The summed E-state index contributed by atoms with van der Waals surface area (Å²) in [7, 11) is 0. The molecule has 1 fully saturated rings. The quantitative estimate of drug-likeness (QED) is 0.139. The second-order valence-corrected chi connectivity index (χ2v) is 13.1. The van der Waals surface area contributed by atoms with Gasteiger partial charge in [-0.15, -0.1) is 11.8 Å². The van der Waals surface area contributed by atoms with Crippen LogP contribution in [0.25, 0.3) is 0 Å². The Balaban J connectivity index is 1.32. The van der Waals surface area contributed by atoms with E-state index in [1.165, 1.54) is 28.8 Å². The van der Waals surface area contributed by atoms with Gasteiger partial charge in [-0.2, -0.15) is 0 Å². The van der Waals surface area contributed by atoms with Crippen LogP contribution in [0.3, 0.4) is 0 Å². The number of aromatic nitrogens is 2. The molecule has 0 spiro atoms. The number of halogens is 2. The van der Waals surface area contributed by atoms with Crippen molar-refractivity contribution < 1.29 is 8.78 Å². The standard InChI is InChI=1S/C38H38F2N4S/c1-2-12-27-23-43-37(44-24-27)36(42-25-28-21-32(39)19-20-34(28)40)35-22-33(26-41-35)45-38(29-13-6-3-7-14-29,30-15-8-4-9-16-30)31-17-10-5-11-18-31/h3-11,13-21,23-24,33,35-36,41-42H,2,12,22,25-26H2,1H3. The van der Waals surface area contributed by atoms with E-state index in [2.05, 4.69) is 109 Å². The fraction of sp³-hybridized carbons (Fsp3) is 0.263. The van der Waals surface area contributed by atoms with Crippen LogP contribution in [-0.4, -0.2) is 27.8 Å². The van der Waals surface area contributed by atoms with Gasteiger partial charge in [0.1, 0.15) is 17.5 Å². The predicted molar refractivity (Wildman–Crippen MR) is 179 cm³/mol. The molecule has 5 aromatic rings. The lowest BCUT2D eigenvalue weighted by Gasteiger charge is -2.37. The van der Waals surface area contributed by atoms with Crippen LogP contribution in [-0.2, 0) is 17.7 Å². The summed E-state index contributed by atoms with van der Waals surface area (Å²) >= 11 is 1.96. The molecule has 1 aliphatic heterocycles. The number of benzene rings is 4. The maximum atomic E-state index is 14.6. The first-order valence-electron chi connectivity index (χ1n) is 15.6. The zero-order valence-electron chi connectivity index (χ0n) is 25.4. The van der Waals surface area contributed by atoms with Gasteiger partial charge in [-0.3, -0.25) is 0 Å². The third-order valence-corrected chi connectivity index (χ3v) is 10.2. The van der Waals surface area contributed by atoms with E-state index >= 15 is 0 Å². The van der Waals surface area contributed by atoms with Crippen LogP contribution in [0, 0.1) is 11.6 Å². The number of nitrogens with zero attached hydrogens (tertiary/aromatic N) is 2. The minimum Gasteiger partial charge on any atom is -0.311 e. The SMILES string of the molecule is CCCc1cnc(C(NCc2cc(F)ccc2F)C2CC(SC(c3ccccc3)(c3ccccc3)c3ccccc3)CN2)nc1. The molecule has 7 heteroatoms. The van der Waals surface area contributed by atoms with Gasteiger partial charge in [0, 0.05) is 42.3 Å². The van der Waals surface area contributed by atoms with Crippen LogP contribution in [0.4, 0.5) is 8.78 Å². The Morgan fingerprint density at radius 2 is 1.42 bits per heavy atom. The summed E-state index contributed by atoms with van der Waals surface area (Å²) in [4.78, 5) is 9.50. The molecule has 1 saturated heterocycles. The van der Waals surface area contributed by atoms with E-state index in [0.29, 0.717) is 5.82 Å². The smallest absolute Gasteiger partial charge is 0.146 e. The first kappa shape index (κ1) is 31.1. The predicted octanol–water partition coefficient (Wildman–Crippen LogP) is 7.99. The topological polar surface area (TPSA) is 49.8 Å². The number of hydrogen-bond acceptors (Lipinski definition) is 5. The molecule has 3 atom stereocenters. The Morgan fingerprint density at radius 1 is 0.844 bits per heavy atom. The monoisotopic (exact) mass is 620 g/mol. The molecular weight excluding hydrogens is 583 g/mol. The van der Waals surface area contributed by atoms with Crippen LogP contribution in [0.5, 0.6) is 0 Å². The molecule has 1 aliphatic rings. The van der Waals surface area contributed by atoms with Gasteiger partial charge in [0.25, 0.3) is 0 Å². The molecule has 230 valence electrons. The van der Waals surface area contributed by atoms with Crippen molar-refractivity contribution in [2.24, 2.45) is 0 Å². The van der Waals surface area contributed by atoms with Crippen LogP contribution < -0.4 is 10.6 Å². The van der Waals surface area contributed by atoms with Crippen molar-refractivity contribution in [2.75, 3.05) is 6.54 Å². The molecule has 1 aromatic heterocycles. The Hall–Kier alpha value is -3.91. The summed E-state index contributed by atoms with van der Waals surface area (Å²) in [5, 5.41) is 7.48. The zero-order valence-corrected chi connectivity index (χ0v) is 26.2. The molecule has 4 nitrogen and oxygen atoms in total. The fourth-order valence-electron chi connectivity index (χ4n) is 6.30. The Bertz CT molecular complexity index is 1560. The number of hydrogen-bond donors (Lipinski definition) is 2. The van der Waals surface area contributed by atoms with Crippen LogP contribution >= 0.6 is 11.8 Å². The molecule has 2 N–H and O–H groups in total. The fourth-order valence-corrected chi connectivity index (χ4v) is 8.10. The van der Waals surface area contributed by atoms with E-state index in [0.717, 1.165) is 37.4 Å². The molecule has 0 bridgehead atoms. The second-order valence-electron chi connectivity index (χ2n) is 11.6. The van der Waals surface area contributed by atoms with Crippen molar-refractivity contribution >= 4 is 11.8 Å². The van der Waals surface area contributed by atoms with Crippen LogP contribution in [0.2, 0.25) is 0 Å². The van der Waals surface area contributed by atoms with E-state index in [1.54, 1.807) is 0 Å². The van der Waals surface area contributed by atoms with Crippen molar-refractivity contribution in [2.45, 2.75) is 54.8 Å². The van der Waals surface area contributed by atoms with E-state index in [-0.39, 0.29) is 29.4 Å². The number of thioether (sulfide) groups is 1. The maximum Gasteiger partial charge on any atom is 0.146 e. The molecule has 4 aromatic carbocycles. The molecule has 0 aliphatic carbocycles. The Kier molecular flexibility index (Phi) is 9.99. The summed E-state index contributed by atoms with van der Waals surface area (Å²) in [5.74, 6) is -0.247. The molecule has 3 unspecified atom stereocenters. The van der Waals surface area contributed by atoms with E-state index in [1.807, 2.05) is 24.2 Å². The van der Waals surface area contributed by atoms with E-state index in [9.17, 15) is 8.78 Å². The summed E-state index contributed by atoms with van der Waals surface area (Å²) in [6.45, 7) is 3.07. The highest BCUT2D eigenvalue weighted by Gasteiger charge is 2.42. The third-order valence-electron chi connectivity index (χ3n) is 8.47. The number of rotatable bonds is 12. The minimum atomic E-state index is -0.459. The highest BCUT2D eigenvalue weighted by atomic mass is 32.2. The number of nitrogens with one attached hydrogen (secondary N) is 2. The molecule has 0 amide bonds. The summed E-state index contributed by atoms with van der Waals surface area (Å²) in [6, 6.07) is 35.4. The van der Waals surface area contributed by atoms with Gasteiger partial charge in [0.2, 0.25) is 0 Å². The third kappa shape index (κ3) is 7.01. The largest absolute Gasteiger partial charge is 0.311 e. The van der Waals surface area contributed by atoms with Crippen molar-refractivity contribution in [3.05, 3.63) is 167 Å². The van der Waals surface area contributed by atoms with Gasteiger partial charge in [-0.25, -0.2) is 18.7 Å². The summed E-state index contributed by atoms with van der Waals surface area (Å²) in [6.07, 6.45) is 6.53. The lowest BCUT2D eigenvalue weighted by Crippen LogP contribution is -2.39. The van der Waals surface area contributed by atoms with E-state index < -0.39 is 16.4 Å². The Labute approximate surface area is 268 Å². The highest BCUT2D eigenvalue weighted by molar-refractivity contribution is 8.01.